The Morgan fingerprint density at radius 3 is 2.68 bits per heavy atom. The Hall–Kier alpha value is -3.20. The second-order valence-corrected chi connectivity index (χ2v) is 7.62. The average molecular weight is 430 g/mol. The molecule has 0 saturated carbocycles. The van der Waals surface area contributed by atoms with Crippen LogP contribution >= 0.6 is 0 Å². The lowest BCUT2D eigenvalue weighted by Crippen LogP contribution is -2.36. The maximum Gasteiger partial charge on any atom is 0.249 e. The molecule has 1 aliphatic heterocycles. The second-order valence-electron chi connectivity index (χ2n) is 7.62. The van der Waals surface area contributed by atoms with E-state index in [4.69, 9.17) is 10.3 Å². The standard InChI is InChI=1S/C22H21F3N4O2/c23-15-8-14(9-16(24)11-15)21-27-22(31-28-21)19-6-3-7-29(19)20(30)12-17(26)10-13-4-1-2-5-18(13)25/h1-2,4-5,8-9,11,17,19H,3,6-7,10,12,26H2/t17-,19+/m1/s1. The van der Waals surface area contributed by atoms with Crippen LogP contribution in [0, 0.1) is 17.5 Å². The van der Waals surface area contributed by atoms with Crippen molar-refractivity contribution in [1.29, 1.82) is 0 Å². The summed E-state index contributed by atoms with van der Waals surface area (Å²) in [6, 6.07) is 8.32. The molecule has 3 aromatic rings. The fraction of sp³-hybridized carbons (Fsp3) is 0.318. The fourth-order valence-electron chi connectivity index (χ4n) is 3.85. The average Bonchev–Trinajstić information content (AvgIpc) is 3.38. The number of hydrogen-bond donors (Lipinski definition) is 1. The third-order valence-electron chi connectivity index (χ3n) is 5.30. The monoisotopic (exact) mass is 430 g/mol. The van der Waals surface area contributed by atoms with E-state index in [1.807, 2.05) is 0 Å². The molecule has 1 amide bonds. The lowest BCUT2D eigenvalue weighted by molar-refractivity contribution is -0.132. The molecule has 9 heteroatoms. The molecule has 162 valence electrons. The Morgan fingerprint density at radius 1 is 1.19 bits per heavy atom. The summed E-state index contributed by atoms with van der Waals surface area (Å²) in [5.74, 6) is -1.79. The molecule has 2 heterocycles. The van der Waals surface area contributed by atoms with E-state index in [-0.39, 0.29) is 41.8 Å². The number of benzene rings is 2. The number of amides is 1. The summed E-state index contributed by atoms with van der Waals surface area (Å²) in [4.78, 5) is 18.7. The van der Waals surface area contributed by atoms with Crippen LogP contribution in [0.25, 0.3) is 11.4 Å². The molecule has 0 spiro atoms. The number of nitrogens with two attached hydrogens (primary N) is 1. The van der Waals surface area contributed by atoms with Gasteiger partial charge in [0.15, 0.2) is 0 Å². The van der Waals surface area contributed by atoms with Gasteiger partial charge in [-0.2, -0.15) is 4.98 Å². The van der Waals surface area contributed by atoms with Crippen molar-refractivity contribution < 1.29 is 22.5 Å². The lowest BCUT2D eigenvalue weighted by Gasteiger charge is -2.23. The first-order chi connectivity index (χ1) is 14.9. The molecule has 0 radical (unpaired) electrons. The first kappa shape index (κ1) is 21.0. The first-order valence-electron chi connectivity index (χ1n) is 9.99. The van der Waals surface area contributed by atoms with Crippen LogP contribution in [-0.2, 0) is 11.2 Å². The third kappa shape index (κ3) is 4.77. The fourth-order valence-corrected chi connectivity index (χ4v) is 3.85. The minimum atomic E-state index is -0.747. The van der Waals surface area contributed by atoms with Crippen LogP contribution in [0.5, 0.6) is 0 Å². The molecule has 0 aliphatic carbocycles. The van der Waals surface area contributed by atoms with E-state index in [1.54, 1.807) is 23.1 Å². The summed E-state index contributed by atoms with van der Waals surface area (Å²) < 4.78 is 46.1. The Bertz CT molecular complexity index is 1070. The second kappa shape index (κ2) is 8.89. The van der Waals surface area contributed by atoms with Gasteiger partial charge in [0, 0.05) is 30.6 Å². The Morgan fingerprint density at radius 2 is 1.94 bits per heavy atom. The minimum absolute atomic E-state index is 0.0426. The highest BCUT2D eigenvalue weighted by Crippen LogP contribution is 2.33. The van der Waals surface area contributed by atoms with Gasteiger partial charge in [0.1, 0.15) is 23.5 Å². The number of carbonyl (C=O) groups is 1. The highest BCUT2D eigenvalue weighted by molar-refractivity contribution is 5.77. The van der Waals surface area contributed by atoms with Gasteiger partial charge in [-0.25, -0.2) is 13.2 Å². The van der Waals surface area contributed by atoms with E-state index in [0.29, 0.717) is 18.5 Å². The molecule has 1 saturated heterocycles. The van der Waals surface area contributed by atoms with Gasteiger partial charge >= 0.3 is 0 Å². The number of carbonyl (C=O) groups excluding carboxylic acids is 1. The van der Waals surface area contributed by atoms with Crippen molar-refractivity contribution in [2.24, 2.45) is 5.73 Å². The van der Waals surface area contributed by atoms with Crippen LogP contribution in [0.2, 0.25) is 0 Å². The topological polar surface area (TPSA) is 85.3 Å². The zero-order valence-electron chi connectivity index (χ0n) is 16.6. The van der Waals surface area contributed by atoms with Crippen molar-refractivity contribution in [2.75, 3.05) is 6.54 Å². The van der Waals surface area contributed by atoms with Crippen molar-refractivity contribution in [2.45, 2.75) is 37.8 Å². The minimum Gasteiger partial charge on any atom is -0.337 e. The number of aromatic nitrogens is 2. The maximum absolute atomic E-state index is 13.8. The van der Waals surface area contributed by atoms with Crippen LogP contribution in [0.1, 0.15) is 36.8 Å². The highest BCUT2D eigenvalue weighted by Gasteiger charge is 2.34. The summed E-state index contributed by atoms with van der Waals surface area (Å²) in [6.07, 6.45) is 1.65. The zero-order valence-corrected chi connectivity index (χ0v) is 16.6. The van der Waals surface area contributed by atoms with Crippen molar-refractivity contribution in [3.8, 4) is 11.4 Å². The van der Waals surface area contributed by atoms with Gasteiger partial charge in [-0.15, -0.1) is 0 Å². The maximum atomic E-state index is 13.8. The van der Waals surface area contributed by atoms with E-state index in [1.165, 1.54) is 6.07 Å². The van der Waals surface area contributed by atoms with Gasteiger partial charge in [0.05, 0.1) is 0 Å². The van der Waals surface area contributed by atoms with Crippen LogP contribution in [-0.4, -0.2) is 33.5 Å². The predicted molar refractivity (Wildman–Crippen MR) is 106 cm³/mol. The highest BCUT2D eigenvalue weighted by atomic mass is 19.1. The van der Waals surface area contributed by atoms with Gasteiger partial charge in [-0.05, 0) is 43.0 Å². The molecule has 31 heavy (non-hydrogen) atoms. The van der Waals surface area contributed by atoms with E-state index in [0.717, 1.165) is 24.6 Å². The summed E-state index contributed by atoms with van der Waals surface area (Å²) in [6.45, 7) is 0.502. The van der Waals surface area contributed by atoms with Crippen LogP contribution < -0.4 is 5.73 Å². The molecule has 4 rings (SSSR count). The van der Waals surface area contributed by atoms with Crippen molar-refractivity contribution in [1.82, 2.24) is 15.0 Å². The molecule has 2 N–H and O–H groups in total. The molecule has 0 bridgehead atoms. The molecule has 6 nitrogen and oxygen atoms in total. The van der Waals surface area contributed by atoms with E-state index in [9.17, 15) is 18.0 Å². The van der Waals surface area contributed by atoms with Crippen LogP contribution in [0.4, 0.5) is 13.2 Å². The Kier molecular flexibility index (Phi) is 6.03. The van der Waals surface area contributed by atoms with Gasteiger partial charge < -0.3 is 15.2 Å². The third-order valence-corrected chi connectivity index (χ3v) is 5.30. The molecule has 1 aliphatic rings. The summed E-state index contributed by atoms with van der Waals surface area (Å²) in [5.41, 5.74) is 6.71. The largest absolute Gasteiger partial charge is 0.337 e. The van der Waals surface area contributed by atoms with Crippen molar-refractivity contribution in [3.05, 3.63) is 71.4 Å². The molecule has 1 fully saturated rings. The van der Waals surface area contributed by atoms with Crippen molar-refractivity contribution in [3.63, 3.8) is 0 Å². The summed E-state index contributed by atoms with van der Waals surface area (Å²) in [7, 11) is 0. The van der Waals surface area contributed by atoms with E-state index >= 15 is 0 Å². The molecule has 1 aromatic heterocycles. The molecular formula is C22H21F3N4O2. The summed E-state index contributed by atoms with van der Waals surface area (Å²) >= 11 is 0. The SMILES string of the molecule is N[C@@H](CC(=O)N1CCC[C@H]1c1nc(-c2cc(F)cc(F)c2)no1)Cc1ccccc1F. The number of rotatable bonds is 6. The number of nitrogens with zero attached hydrogens (tertiary/aromatic N) is 3. The van der Waals surface area contributed by atoms with E-state index in [2.05, 4.69) is 10.1 Å². The molecular weight excluding hydrogens is 409 g/mol. The summed E-state index contributed by atoms with van der Waals surface area (Å²) in [5, 5.41) is 3.81. The first-order valence-corrected chi connectivity index (χ1v) is 9.99. The Balaban J connectivity index is 1.45. The number of hydrogen-bond acceptors (Lipinski definition) is 5. The van der Waals surface area contributed by atoms with Gasteiger partial charge in [0.2, 0.25) is 17.6 Å². The van der Waals surface area contributed by atoms with Gasteiger partial charge in [0.25, 0.3) is 0 Å². The van der Waals surface area contributed by atoms with Crippen molar-refractivity contribution >= 4 is 5.91 Å². The lowest BCUT2D eigenvalue weighted by atomic mass is 10.0. The van der Waals surface area contributed by atoms with Crippen LogP contribution in [0.3, 0.4) is 0 Å². The molecule has 2 atom stereocenters. The molecule has 2 aromatic carbocycles. The van der Waals surface area contributed by atoms with E-state index < -0.39 is 23.7 Å². The zero-order chi connectivity index (χ0) is 22.0. The number of halogens is 3. The smallest absolute Gasteiger partial charge is 0.249 e. The number of likely N-dealkylation sites (tertiary alicyclic amines) is 1. The predicted octanol–water partition coefficient (Wildman–Crippen LogP) is 3.78. The Labute approximate surface area is 176 Å². The van der Waals surface area contributed by atoms with Gasteiger partial charge in [-0.1, -0.05) is 23.4 Å². The quantitative estimate of drug-likeness (QED) is 0.643. The van der Waals surface area contributed by atoms with Crippen LogP contribution in [0.15, 0.2) is 47.0 Å². The van der Waals surface area contributed by atoms with Gasteiger partial charge in [-0.3, -0.25) is 4.79 Å². The normalized spacial score (nSPS) is 17.2. The molecule has 0 unspecified atom stereocenters.